The van der Waals surface area contributed by atoms with Crippen LogP contribution in [0.1, 0.15) is 23.8 Å². The summed E-state index contributed by atoms with van der Waals surface area (Å²) < 4.78 is 12.9. The number of benzene rings is 1. The first-order valence-electron chi connectivity index (χ1n) is 8.30. The number of ether oxygens (including phenoxy) is 2. The third-order valence-electron chi connectivity index (χ3n) is 3.91. The van der Waals surface area contributed by atoms with Crippen LogP contribution in [-0.2, 0) is 6.54 Å². The van der Waals surface area contributed by atoms with Crippen molar-refractivity contribution in [1.29, 1.82) is 0 Å². The number of carbonyl (C=O) groups excluding carboxylic acids is 1. The quantitative estimate of drug-likeness (QED) is 0.824. The van der Waals surface area contributed by atoms with E-state index in [2.05, 4.69) is 5.10 Å². The number of hydrogen-bond donors (Lipinski definition) is 0. The highest BCUT2D eigenvalue weighted by Crippen LogP contribution is 2.30. The van der Waals surface area contributed by atoms with Crippen LogP contribution in [-0.4, -0.2) is 46.9 Å². The van der Waals surface area contributed by atoms with Gasteiger partial charge in [0, 0.05) is 19.7 Å². The highest BCUT2D eigenvalue weighted by Gasteiger charge is 2.24. The minimum Gasteiger partial charge on any atom is -0.486 e. The summed E-state index contributed by atoms with van der Waals surface area (Å²) in [7, 11) is 1.68. The van der Waals surface area contributed by atoms with Gasteiger partial charge in [0.1, 0.15) is 12.3 Å². The van der Waals surface area contributed by atoms with Gasteiger partial charge in [0.15, 0.2) is 17.6 Å². The lowest BCUT2D eigenvalue weighted by molar-refractivity contribution is 0.0515. The minimum atomic E-state index is -0.259. The topological polar surface area (TPSA) is 73.7 Å². The molecule has 0 N–H and O–H groups in total. The molecule has 1 aromatic heterocycles. The highest BCUT2D eigenvalue weighted by molar-refractivity contribution is 5.91. The van der Waals surface area contributed by atoms with Crippen molar-refractivity contribution in [3.8, 4) is 11.5 Å². The molecule has 7 nitrogen and oxygen atoms in total. The van der Waals surface area contributed by atoms with Gasteiger partial charge in [-0.3, -0.25) is 9.59 Å². The molecular weight excluding hydrogens is 322 g/mol. The van der Waals surface area contributed by atoms with Crippen molar-refractivity contribution in [3.63, 3.8) is 0 Å². The molecule has 2 aromatic rings. The van der Waals surface area contributed by atoms with E-state index in [4.69, 9.17) is 9.47 Å². The molecule has 7 heteroatoms. The number of carbonyl (C=O) groups is 1. The Morgan fingerprint density at radius 3 is 2.80 bits per heavy atom. The average molecular weight is 343 g/mol. The number of fused-ring (bicyclic) bond motifs is 1. The van der Waals surface area contributed by atoms with E-state index in [1.165, 1.54) is 21.7 Å². The molecule has 0 saturated carbocycles. The standard InChI is InChI=1S/C18H21N3O4/c1-3-10-21-17(22)9-8-14(19-21)18(23)20(2)11-13-12-24-15-6-4-5-7-16(15)25-13/h4-9,13H,3,10-12H2,1-2H3. The van der Waals surface area contributed by atoms with E-state index < -0.39 is 0 Å². The summed E-state index contributed by atoms with van der Waals surface area (Å²) >= 11 is 0. The van der Waals surface area contributed by atoms with Crippen LogP contribution in [0.15, 0.2) is 41.2 Å². The second-order valence-electron chi connectivity index (χ2n) is 5.96. The van der Waals surface area contributed by atoms with Gasteiger partial charge in [-0.1, -0.05) is 19.1 Å². The summed E-state index contributed by atoms with van der Waals surface area (Å²) in [6.07, 6.45) is 0.512. The molecule has 0 saturated heterocycles. The summed E-state index contributed by atoms with van der Waals surface area (Å²) in [6.45, 7) is 3.17. The molecule has 1 amide bonds. The fraction of sp³-hybridized carbons (Fsp3) is 0.389. The van der Waals surface area contributed by atoms with Gasteiger partial charge in [-0.2, -0.15) is 5.10 Å². The Kier molecular flexibility index (Phi) is 5.02. The number of nitrogens with zero attached hydrogens (tertiary/aromatic N) is 3. The van der Waals surface area contributed by atoms with Gasteiger partial charge >= 0.3 is 0 Å². The number of rotatable bonds is 5. The van der Waals surface area contributed by atoms with E-state index in [-0.39, 0.29) is 23.3 Å². The number of aromatic nitrogens is 2. The molecule has 132 valence electrons. The molecule has 2 heterocycles. The molecule has 25 heavy (non-hydrogen) atoms. The van der Waals surface area contributed by atoms with E-state index >= 15 is 0 Å². The Morgan fingerprint density at radius 1 is 1.28 bits per heavy atom. The van der Waals surface area contributed by atoms with Gasteiger partial charge in [0.05, 0.1) is 6.54 Å². The second kappa shape index (κ2) is 7.38. The predicted molar refractivity (Wildman–Crippen MR) is 92.1 cm³/mol. The van der Waals surface area contributed by atoms with Gasteiger partial charge in [-0.05, 0) is 24.6 Å². The summed E-state index contributed by atoms with van der Waals surface area (Å²) in [5, 5.41) is 4.15. The lowest BCUT2D eigenvalue weighted by atomic mass is 10.2. The molecule has 1 unspecified atom stereocenters. The maximum absolute atomic E-state index is 12.6. The zero-order valence-electron chi connectivity index (χ0n) is 14.3. The van der Waals surface area contributed by atoms with Crippen LogP contribution in [0.5, 0.6) is 11.5 Å². The molecule has 1 aliphatic rings. The number of hydrogen-bond acceptors (Lipinski definition) is 5. The van der Waals surface area contributed by atoms with Crippen molar-refractivity contribution in [2.24, 2.45) is 0 Å². The lowest BCUT2D eigenvalue weighted by Crippen LogP contribution is -2.42. The minimum absolute atomic E-state index is 0.207. The molecule has 1 aliphatic heterocycles. The first-order valence-corrected chi connectivity index (χ1v) is 8.30. The van der Waals surface area contributed by atoms with E-state index in [0.29, 0.717) is 31.2 Å². The summed E-state index contributed by atoms with van der Waals surface area (Å²) in [6, 6.07) is 10.3. The zero-order valence-corrected chi connectivity index (χ0v) is 14.3. The monoisotopic (exact) mass is 343 g/mol. The zero-order chi connectivity index (χ0) is 17.8. The molecule has 0 aliphatic carbocycles. The molecular formula is C18H21N3O4. The normalized spacial score (nSPS) is 15.7. The average Bonchev–Trinajstić information content (AvgIpc) is 2.63. The number of likely N-dealkylation sites (N-methyl/N-ethyl adjacent to an activating group) is 1. The van der Waals surface area contributed by atoms with Crippen LogP contribution in [0.2, 0.25) is 0 Å². The van der Waals surface area contributed by atoms with Crippen LogP contribution >= 0.6 is 0 Å². The third-order valence-corrected chi connectivity index (χ3v) is 3.91. The fourth-order valence-electron chi connectivity index (χ4n) is 2.67. The van der Waals surface area contributed by atoms with Crippen LogP contribution in [0.3, 0.4) is 0 Å². The summed E-state index contributed by atoms with van der Waals surface area (Å²) in [4.78, 5) is 25.8. The Hall–Kier alpha value is -2.83. The fourth-order valence-corrected chi connectivity index (χ4v) is 2.67. The molecule has 0 bridgehead atoms. The SMILES string of the molecule is CCCn1nc(C(=O)N(C)CC2COc3ccccc3O2)ccc1=O. The molecule has 1 aromatic carbocycles. The van der Waals surface area contributed by atoms with Gasteiger partial charge in [-0.25, -0.2) is 4.68 Å². The van der Waals surface area contributed by atoms with Crippen molar-refractivity contribution in [3.05, 3.63) is 52.4 Å². The molecule has 1 atom stereocenters. The molecule has 3 rings (SSSR count). The Balaban J connectivity index is 1.67. The van der Waals surface area contributed by atoms with E-state index in [9.17, 15) is 9.59 Å². The van der Waals surface area contributed by atoms with Gasteiger partial charge < -0.3 is 14.4 Å². The van der Waals surface area contributed by atoms with Crippen LogP contribution < -0.4 is 15.0 Å². The second-order valence-corrected chi connectivity index (χ2v) is 5.96. The number of aryl methyl sites for hydroxylation is 1. The third kappa shape index (κ3) is 3.81. The maximum Gasteiger partial charge on any atom is 0.274 e. The van der Waals surface area contributed by atoms with Gasteiger partial charge in [-0.15, -0.1) is 0 Å². The first kappa shape index (κ1) is 17.0. The van der Waals surface area contributed by atoms with E-state index in [1.807, 2.05) is 31.2 Å². The van der Waals surface area contributed by atoms with Crippen molar-refractivity contribution in [1.82, 2.24) is 14.7 Å². The smallest absolute Gasteiger partial charge is 0.274 e. The van der Waals surface area contributed by atoms with Crippen LogP contribution in [0.25, 0.3) is 0 Å². The lowest BCUT2D eigenvalue weighted by Gasteiger charge is -2.29. The first-order chi connectivity index (χ1) is 12.1. The van der Waals surface area contributed by atoms with E-state index in [0.717, 1.165) is 6.42 Å². The largest absolute Gasteiger partial charge is 0.486 e. The van der Waals surface area contributed by atoms with Crippen LogP contribution in [0.4, 0.5) is 0 Å². The summed E-state index contributed by atoms with van der Waals surface area (Å²) in [5.74, 6) is 1.13. The van der Waals surface area contributed by atoms with Gasteiger partial charge in [0.25, 0.3) is 11.5 Å². The van der Waals surface area contributed by atoms with E-state index in [1.54, 1.807) is 7.05 Å². The van der Waals surface area contributed by atoms with Gasteiger partial charge in [0.2, 0.25) is 0 Å². The summed E-state index contributed by atoms with van der Waals surface area (Å²) in [5.41, 5.74) is 0.0364. The number of amides is 1. The highest BCUT2D eigenvalue weighted by atomic mass is 16.6. The Bertz CT molecular complexity index is 818. The molecule has 0 fully saturated rings. The van der Waals surface area contributed by atoms with Crippen molar-refractivity contribution in [2.45, 2.75) is 26.0 Å². The van der Waals surface area contributed by atoms with Crippen LogP contribution in [0, 0.1) is 0 Å². The molecule has 0 spiro atoms. The maximum atomic E-state index is 12.6. The predicted octanol–water partition coefficient (Wildman–Crippen LogP) is 1.57. The van der Waals surface area contributed by atoms with Crippen molar-refractivity contribution >= 4 is 5.91 Å². The van der Waals surface area contributed by atoms with Crippen molar-refractivity contribution in [2.75, 3.05) is 20.2 Å². The van der Waals surface area contributed by atoms with Crippen molar-refractivity contribution < 1.29 is 14.3 Å². The molecule has 0 radical (unpaired) electrons. The number of para-hydroxylation sites is 2. The Morgan fingerprint density at radius 2 is 2.04 bits per heavy atom. The Labute approximate surface area is 145 Å².